The molecule has 6 aromatic rings. The number of thiophene rings is 1. The number of aryl methyl sites for hydroxylation is 1. The van der Waals surface area contributed by atoms with Crippen LogP contribution in [0.25, 0.3) is 55.0 Å². The van der Waals surface area contributed by atoms with Gasteiger partial charge in [0.25, 0.3) is 0 Å². The maximum atomic E-state index is 13.7. The second kappa shape index (κ2) is 9.25. The van der Waals surface area contributed by atoms with Crippen LogP contribution in [0.2, 0.25) is 0 Å². The summed E-state index contributed by atoms with van der Waals surface area (Å²) in [6, 6.07) is 11.5. The number of pyridine rings is 3. The molecule has 0 aliphatic rings. The van der Waals surface area contributed by atoms with Crippen LogP contribution in [0.4, 0.5) is 4.39 Å². The van der Waals surface area contributed by atoms with Crippen LogP contribution in [0.15, 0.2) is 61.2 Å². The van der Waals surface area contributed by atoms with Crippen LogP contribution in [0.1, 0.15) is 12.0 Å². The van der Waals surface area contributed by atoms with E-state index in [0.29, 0.717) is 5.65 Å². The van der Waals surface area contributed by atoms with Crippen LogP contribution < -0.4 is 0 Å². The molecule has 0 aromatic carbocycles. The van der Waals surface area contributed by atoms with Crippen LogP contribution in [0, 0.1) is 5.13 Å². The summed E-state index contributed by atoms with van der Waals surface area (Å²) in [6.07, 6.45) is 9.43. The third-order valence-corrected chi connectivity index (χ3v) is 7.16. The lowest BCUT2D eigenvalue weighted by atomic mass is 10.0. The zero-order chi connectivity index (χ0) is 24.6. The largest absolute Gasteiger partial charge is 0.338 e. The molecule has 36 heavy (non-hydrogen) atoms. The van der Waals surface area contributed by atoms with E-state index in [1.807, 2.05) is 30.7 Å². The Bertz CT molecular complexity index is 1680. The number of H-pyrrole nitrogens is 2. The van der Waals surface area contributed by atoms with E-state index in [0.717, 1.165) is 80.1 Å². The molecule has 0 amide bonds. The Morgan fingerprint density at radius 1 is 0.972 bits per heavy atom. The highest BCUT2D eigenvalue weighted by Crippen LogP contribution is 2.36. The molecule has 0 fully saturated rings. The third kappa shape index (κ3) is 4.27. The van der Waals surface area contributed by atoms with Crippen LogP contribution in [0.3, 0.4) is 0 Å². The average molecular weight is 498 g/mol. The van der Waals surface area contributed by atoms with Gasteiger partial charge in [-0.25, -0.2) is 9.97 Å². The van der Waals surface area contributed by atoms with E-state index in [9.17, 15) is 4.39 Å². The number of nitrogens with zero attached hydrogens (tertiary/aromatic N) is 5. The molecule has 6 heterocycles. The van der Waals surface area contributed by atoms with Crippen LogP contribution in [0.5, 0.6) is 0 Å². The Labute approximate surface area is 211 Å². The van der Waals surface area contributed by atoms with Crippen molar-refractivity contribution in [2.24, 2.45) is 0 Å². The fraction of sp³-hybridized carbons (Fsp3) is 0.185. The lowest BCUT2D eigenvalue weighted by Crippen LogP contribution is -2.13. The highest BCUT2D eigenvalue weighted by molar-refractivity contribution is 7.14. The molecule has 180 valence electrons. The van der Waals surface area contributed by atoms with Crippen molar-refractivity contribution in [3.05, 3.63) is 71.9 Å². The van der Waals surface area contributed by atoms with Crippen LogP contribution in [-0.2, 0) is 6.42 Å². The van der Waals surface area contributed by atoms with Crippen molar-refractivity contribution < 1.29 is 4.39 Å². The molecule has 0 saturated heterocycles. The molecule has 0 saturated carbocycles. The first-order chi connectivity index (χ1) is 17.5. The monoisotopic (exact) mass is 497 g/mol. The van der Waals surface area contributed by atoms with Gasteiger partial charge < -0.3 is 9.88 Å². The fourth-order valence-corrected chi connectivity index (χ4v) is 5.25. The summed E-state index contributed by atoms with van der Waals surface area (Å²) in [5.74, 6) is 0. The molecule has 9 heteroatoms. The van der Waals surface area contributed by atoms with Gasteiger partial charge in [-0.15, -0.1) is 11.3 Å². The van der Waals surface area contributed by atoms with Crippen molar-refractivity contribution in [3.63, 3.8) is 0 Å². The molecule has 6 aromatic heterocycles. The number of halogens is 1. The quantitative estimate of drug-likeness (QED) is 0.286. The molecular formula is C27H24FN7S. The van der Waals surface area contributed by atoms with E-state index in [4.69, 9.17) is 0 Å². The van der Waals surface area contributed by atoms with Crippen molar-refractivity contribution in [3.8, 4) is 33.0 Å². The van der Waals surface area contributed by atoms with E-state index >= 15 is 0 Å². The Hall–Kier alpha value is -3.95. The van der Waals surface area contributed by atoms with E-state index in [1.165, 1.54) is 11.6 Å². The summed E-state index contributed by atoms with van der Waals surface area (Å²) in [7, 11) is 4.17. The van der Waals surface area contributed by atoms with E-state index < -0.39 is 0 Å². The van der Waals surface area contributed by atoms with Gasteiger partial charge in [0, 0.05) is 57.1 Å². The number of fused-ring (bicyclic) bond motifs is 2. The molecule has 0 aliphatic carbocycles. The lowest BCUT2D eigenvalue weighted by Gasteiger charge is -2.09. The van der Waals surface area contributed by atoms with E-state index in [1.54, 1.807) is 12.3 Å². The number of aromatic nitrogens is 6. The second-order valence-electron chi connectivity index (χ2n) is 9.09. The first-order valence-corrected chi connectivity index (χ1v) is 12.5. The fourth-order valence-electron chi connectivity index (χ4n) is 4.48. The maximum absolute atomic E-state index is 13.7. The highest BCUT2D eigenvalue weighted by atomic mass is 32.1. The number of hydrogen-bond acceptors (Lipinski definition) is 6. The summed E-state index contributed by atoms with van der Waals surface area (Å²) in [4.78, 5) is 20.0. The highest BCUT2D eigenvalue weighted by Gasteiger charge is 2.16. The molecule has 6 rings (SSSR count). The van der Waals surface area contributed by atoms with Gasteiger partial charge in [0.2, 0.25) is 0 Å². The Morgan fingerprint density at radius 3 is 2.69 bits per heavy atom. The number of nitrogens with one attached hydrogen (secondary N) is 2. The smallest absolute Gasteiger partial charge is 0.181 e. The zero-order valence-electron chi connectivity index (χ0n) is 19.9. The number of hydrogen-bond donors (Lipinski definition) is 2. The summed E-state index contributed by atoms with van der Waals surface area (Å²) in [6.45, 7) is 1.04. The van der Waals surface area contributed by atoms with Gasteiger partial charge in [-0.05, 0) is 75.4 Å². The average Bonchev–Trinajstić information content (AvgIpc) is 3.61. The maximum Gasteiger partial charge on any atom is 0.181 e. The minimum Gasteiger partial charge on any atom is -0.338 e. The van der Waals surface area contributed by atoms with Crippen molar-refractivity contribution in [2.75, 3.05) is 20.6 Å². The van der Waals surface area contributed by atoms with Crippen LogP contribution >= 0.6 is 11.3 Å². The topological polar surface area (TPSA) is 86.4 Å². The molecule has 0 radical (unpaired) electrons. The Balaban J connectivity index is 1.37. The summed E-state index contributed by atoms with van der Waals surface area (Å²) < 4.78 is 13.7. The summed E-state index contributed by atoms with van der Waals surface area (Å²) in [5.41, 5.74) is 7.20. The molecular weight excluding hydrogens is 473 g/mol. The van der Waals surface area contributed by atoms with E-state index in [2.05, 4.69) is 61.3 Å². The Kier molecular flexibility index (Phi) is 5.79. The normalized spacial score (nSPS) is 11.8. The molecule has 0 spiro atoms. The van der Waals surface area contributed by atoms with Gasteiger partial charge in [-0.3, -0.25) is 10.1 Å². The van der Waals surface area contributed by atoms with Gasteiger partial charge >= 0.3 is 0 Å². The molecule has 0 atom stereocenters. The molecule has 2 N–H and O–H groups in total. The van der Waals surface area contributed by atoms with Crippen LogP contribution in [-0.4, -0.2) is 55.7 Å². The molecule has 7 nitrogen and oxygen atoms in total. The van der Waals surface area contributed by atoms with Crippen molar-refractivity contribution in [1.29, 1.82) is 0 Å². The molecule has 0 unspecified atom stereocenters. The predicted octanol–water partition coefficient (Wildman–Crippen LogP) is 5.93. The minimum atomic E-state index is -0.208. The van der Waals surface area contributed by atoms with Crippen molar-refractivity contribution in [2.45, 2.75) is 12.8 Å². The second-order valence-corrected chi connectivity index (χ2v) is 10.1. The Morgan fingerprint density at radius 2 is 1.86 bits per heavy atom. The zero-order valence-corrected chi connectivity index (χ0v) is 20.7. The van der Waals surface area contributed by atoms with Crippen molar-refractivity contribution in [1.82, 2.24) is 35.0 Å². The van der Waals surface area contributed by atoms with E-state index in [-0.39, 0.29) is 5.13 Å². The number of rotatable bonds is 7. The van der Waals surface area contributed by atoms with Gasteiger partial charge in [-0.2, -0.15) is 9.49 Å². The summed E-state index contributed by atoms with van der Waals surface area (Å²) >= 11 is 1.12. The standard InChI is InChI=1S/C27H24FN7S/c1-35(2)9-3-4-16-10-17(14-29-13-16)18-11-21-25(33-34-27(21)31-15-18)22-12-20-19(7-8-30-26(20)32-22)23-5-6-24(28)36-23/h5-8,10-15H,3-4,9H2,1-2H3,(H,30,32)(H,31,33,34). The molecule has 0 bridgehead atoms. The first-order valence-electron chi connectivity index (χ1n) is 11.7. The minimum absolute atomic E-state index is 0.208. The number of aromatic amines is 2. The summed E-state index contributed by atoms with van der Waals surface area (Å²) in [5, 5.41) is 9.17. The van der Waals surface area contributed by atoms with Gasteiger partial charge in [0.05, 0.1) is 11.4 Å². The third-order valence-electron chi connectivity index (χ3n) is 6.25. The predicted molar refractivity (Wildman–Crippen MR) is 142 cm³/mol. The van der Waals surface area contributed by atoms with Crippen molar-refractivity contribution >= 4 is 33.4 Å². The lowest BCUT2D eigenvalue weighted by molar-refractivity contribution is 0.400. The van der Waals surface area contributed by atoms with Gasteiger partial charge in [0.15, 0.2) is 10.8 Å². The van der Waals surface area contributed by atoms with Gasteiger partial charge in [0.1, 0.15) is 5.65 Å². The SMILES string of the molecule is CN(C)CCCc1cncc(-c2cnc3n[nH]c(-c4cc5c(-c6ccc(F)s6)ccnc5[nH]4)c3c2)c1. The van der Waals surface area contributed by atoms with Gasteiger partial charge in [-0.1, -0.05) is 0 Å². The molecule has 0 aliphatic heterocycles. The first kappa shape index (κ1) is 22.5.